The van der Waals surface area contributed by atoms with Crippen LogP contribution in [0.25, 0.3) is 40.7 Å². The SMILES string of the molecule is c1ccc(-c2cccc3sc4c5ccccc5sc4c23)cc1. The van der Waals surface area contributed by atoms with Gasteiger partial charge < -0.3 is 0 Å². The van der Waals surface area contributed by atoms with Crippen molar-refractivity contribution in [1.29, 1.82) is 0 Å². The summed E-state index contributed by atoms with van der Waals surface area (Å²) < 4.78 is 5.63. The highest BCUT2D eigenvalue weighted by Gasteiger charge is 2.14. The third kappa shape index (κ3) is 1.68. The summed E-state index contributed by atoms with van der Waals surface area (Å²) in [6.45, 7) is 0. The predicted octanol–water partition coefficient (Wildman–Crippen LogP) is 6.94. The molecule has 0 saturated carbocycles. The van der Waals surface area contributed by atoms with E-state index in [1.807, 2.05) is 22.7 Å². The van der Waals surface area contributed by atoms with Crippen molar-refractivity contribution >= 4 is 52.2 Å². The Hall–Kier alpha value is -2.16. The van der Waals surface area contributed by atoms with Gasteiger partial charge >= 0.3 is 0 Å². The molecule has 0 amide bonds. The van der Waals surface area contributed by atoms with E-state index in [9.17, 15) is 0 Å². The molecule has 22 heavy (non-hydrogen) atoms. The predicted molar refractivity (Wildman–Crippen MR) is 100 cm³/mol. The highest BCUT2D eigenvalue weighted by Crippen LogP contribution is 2.46. The minimum Gasteiger partial charge on any atom is -0.134 e. The molecule has 0 bridgehead atoms. The van der Waals surface area contributed by atoms with E-state index in [2.05, 4.69) is 72.8 Å². The molecule has 0 nitrogen and oxygen atoms in total. The topological polar surface area (TPSA) is 0 Å². The van der Waals surface area contributed by atoms with Gasteiger partial charge in [0, 0.05) is 20.2 Å². The lowest BCUT2D eigenvalue weighted by atomic mass is 10.0. The minimum atomic E-state index is 1.30. The van der Waals surface area contributed by atoms with Gasteiger partial charge in [0.15, 0.2) is 0 Å². The first-order valence-corrected chi connectivity index (χ1v) is 8.93. The molecule has 0 unspecified atom stereocenters. The molecular formula is C20H12S2. The smallest absolute Gasteiger partial charge is 0.0548 e. The van der Waals surface area contributed by atoms with Gasteiger partial charge in [-0.3, -0.25) is 0 Å². The van der Waals surface area contributed by atoms with Crippen LogP contribution in [-0.4, -0.2) is 0 Å². The number of hydrogen-bond acceptors (Lipinski definition) is 2. The molecule has 2 heteroatoms. The lowest BCUT2D eigenvalue weighted by Crippen LogP contribution is -1.77. The molecule has 5 rings (SSSR count). The van der Waals surface area contributed by atoms with E-state index in [0.29, 0.717) is 0 Å². The van der Waals surface area contributed by atoms with Crippen LogP contribution < -0.4 is 0 Å². The van der Waals surface area contributed by atoms with Crippen molar-refractivity contribution < 1.29 is 0 Å². The van der Waals surface area contributed by atoms with Gasteiger partial charge in [-0.15, -0.1) is 22.7 Å². The van der Waals surface area contributed by atoms with Crippen LogP contribution in [-0.2, 0) is 0 Å². The molecule has 0 aliphatic rings. The van der Waals surface area contributed by atoms with Crippen molar-refractivity contribution in [2.24, 2.45) is 0 Å². The zero-order valence-electron chi connectivity index (χ0n) is 11.7. The molecule has 2 aromatic heterocycles. The first kappa shape index (κ1) is 12.4. The maximum absolute atomic E-state index is 2.24. The third-order valence-corrected chi connectivity index (χ3v) is 6.61. The molecule has 3 aromatic carbocycles. The van der Waals surface area contributed by atoms with Crippen LogP contribution in [0.3, 0.4) is 0 Å². The van der Waals surface area contributed by atoms with Crippen LogP contribution in [0.2, 0.25) is 0 Å². The number of benzene rings is 3. The number of fused-ring (bicyclic) bond motifs is 5. The number of rotatable bonds is 1. The lowest BCUT2D eigenvalue weighted by molar-refractivity contribution is 1.67. The van der Waals surface area contributed by atoms with Crippen LogP contribution in [0.15, 0.2) is 72.8 Å². The van der Waals surface area contributed by atoms with E-state index in [0.717, 1.165) is 0 Å². The Kier molecular flexibility index (Phi) is 2.63. The zero-order chi connectivity index (χ0) is 14.5. The Bertz CT molecular complexity index is 1110. The van der Waals surface area contributed by atoms with Crippen LogP contribution in [0.5, 0.6) is 0 Å². The second kappa shape index (κ2) is 4.67. The van der Waals surface area contributed by atoms with Crippen LogP contribution in [0, 0.1) is 0 Å². The molecule has 0 aliphatic heterocycles. The second-order valence-electron chi connectivity index (χ2n) is 5.40. The molecule has 5 aromatic rings. The van der Waals surface area contributed by atoms with E-state index < -0.39 is 0 Å². The van der Waals surface area contributed by atoms with Gasteiger partial charge in [-0.2, -0.15) is 0 Å². The Balaban J connectivity index is 1.97. The van der Waals surface area contributed by atoms with Gasteiger partial charge in [0.1, 0.15) is 0 Å². The van der Waals surface area contributed by atoms with Crippen molar-refractivity contribution in [3.05, 3.63) is 72.8 Å². The average molecular weight is 316 g/mol. The first-order chi connectivity index (χ1) is 10.9. The Labute approximate surface area is 136 Å². The summed E-state index contributed by atoms with van der Waals surface area (Å²) in [5.41, 5.74) is 2.64. The summed E-state index contributed by atoms with van der Waals surface area (Å²) in [4.78, 5) is 0. The highest BCUT2D eigenvalue weighted by molar-refractivity contribution is 7.36. The second-order valence-corrected chi connectivity index (χ2v) is 7.51. The van der Waals surface area contributed by atoms with Gasteiger partial charge in [0.05, 0.1) is 9.40 Å². The zero-order valence-corrected chi connectivity index (χ0v) is 13.4. The quantitative estimate of drug-likeness (QED) is 0.314. The summed E-state index contributed by atoms with van der Waals surface area (Å²) >= 11 is 3.83. The van der Waals surface area contributed by atoms with Gasteiger partial charge in [-0.1, -0.05) is 60.7 Å². The lowest BCUT2D eigenvalue weighted by Gasteiger charge is -2.03. The molecule has 0 radical (unpaired) electrons. The maximum atomic E-state index is 2.24. The van der Waals surface area contributed by atoms with Gasteiger partial charge in [-0.25, -0.2) is 0 Å². The van der Waals surface area contributed by atoms with Gasteiger partial charge in [-0.05, 0) is 23.3 Å². The summed E-state index contributed by atoms with van der Waals surface area (Å²) in [7, 11) is 0. The molecule has 0 atom stereocenters. The van der Waals surface area contributed by atoms with Crippen LogP contribution in [0.1, 0.15) is 0 Å². The van der Waals surface area contributed by atoms with Gasteiger partial charge in [0.25, 0.3) is 0 Å². The fraction of sp³-hybridized carbons (Fsp3) is 0. The van der Waals surface area contributed by atoms with E-state index in [4.69, 9.17) is 0 Å². The molecule has 104 valence electrons. The molecule has 0 aliphatic carbocycles. The fourth-order valence-corrected chi connectivity index (χ4v) is 5.82. The normalized spacial score (nSPS) is 11.6. The van der Waals surface area contributed by atoms with Gasteiger partial charge in [0.2, 0.25) is 0 Å². The molecule has 0 N–H and O–H groups in total. The average Bonchev–Trinajstić information content (AvgIpc) is 3.11. The Morgan fingerprint density at radius 1 is 0.545 bits per heavy atom. The summed E-state index contributed by atoms with van der Waals surface area (Å²) in [6, 6.07) is 26.1. The standard InChI is InChI=1S/C20H12S2/c1-2-7-13(8-3-1)14-10-6-12-17-18(14)20-19(22-17)15-9-4-5-11-16(15)21-20/h1-12H. The van der Waals surface area contributed by atoms with E-state index in [1.165, 1.54) is 40.7 Å². The fourth-order valence-electron chi connectivity index (χ4n) is 3.11. The Morgan fingerprint density at radius 3 is 2.18 bits per heavy atom. The first-order valence-electron chi connectivity index (χ1n) is 7.30. The Morgan fingerprint density at radius 2 is 1.27 bits per heavy atom. The third-order valence-electron chi connectivity index (χ3n) is 4.10. The van der Waals surface area contributed by atoms with E-state index in [1.54, 1.807) is 0 Å². The van der Waals surface area contributed by atoms with Crippen molar-refractivity contribution in [3.63, 3.8) is 0 Å². The summed E-state index contributed by atoms with van der Waals surface area (Å²) in [5.74, 6) is 0. The largest absolute Gasteiger partial charge is 0.134 e. The molecule has 2 heterocycles. The van der Waals surface area contributed by atoms with E-state index in [-0.39, 0.29) is 0 Å². The number of hydrogen-bond donors (Lipinski definition) is 0. The van der Waals surface area contributed by atoms with Crippen molar-refractivity contribution in [3.8, 4) is 11.1 Å². The highest BCUT2D eigenvalue weighted by atomic mass is 32.1. The monoisotopic (exact) mass is 316 g/mol. The minimum absolute atomic E-state index is 1.30. The maximum Gasteiger partial charge on any atom is 0.0548 e. The van der Waals surface area contributed by atoms with Crippen molar-refractivity contribution in [2.45, 2.75) is 0 Å². The van der Waals surface area contributed by atoms with Crippen molar-refractivity contribution in [1.82, 2.24) is 0 Å². The van der Waals surface area contributed by atoms with Crippen LogP contribution >= 0.6 is 22.7 Å². The summed E-state index contributed by atoms with van der Waals surface area (Å²) in [5, 5.41) is 2.80. The van der Waals surface area contributed by atoms with Crippen LogP contribution in [0.4, 0.5) is 0 Å². The molecule has 0 fully saturated rings. The summed E-state index contributed by atoms with van der Waals surface area (Å²) in [6.07, 6.45) is 0. The molecule has 0 spiro atoms. The van der Waals surface area contributed by atoms with Crippen molar-refractivity contribution in [2.75, 3.05) is 0 Å². The number of thiophene rings is 2. The molecule has 0 saturated heterocycles. The molecular weight excluding hydrogens is 304 g/mol. The van der Waals surface area contributed by atoms with E-state index >= 15 is 0 Å².